The summed E-state index contributed by atoms with van der Waals surface area (Å²) in [5.74, 6) is 0.125. The molecule has 0 aromatic heterocycles. The second-order valence-corrected chi connectivity index (χ2v) is 4.78. The zero-order valence-corrected chi connectivity index (χ0v) is 11.1. The summed E-state index contributed by atoms with van der Waals surface area (Å²) in [5, 5.41) is 6.10. The average molecular weight is 241 g/mol. The van der Waals surface area contributed by atoms with Gasteiger partial charge < -0.3 is 15.5 Å². The largest absolute Gasteiger partial charge is 0.355 e. The first-order valence-corrected chi connectivity index (χ1v) is 7.02. The van der Waals surface area contributed by atoms with E-state index in [9.17, 15) is 4.79 Å². The third kappa shape index (κ3) is 7.34. The van der Waals surface area contributed by atoms with Crippen molar-refractivity contribution in [3.63, 3.8) is 0 Å². The van der Waals surface area contributed by atoms with Crippen molar-refractivity contribution in [2.45, 2.75) is 39.0 Å². The van der Waals surface area contributed by atoms with Gasteiger partial charge in [0.15, 0.2) is 0 Å². The molecule has 0 bridgehead atoms. The molecular formula is C13H27N3O. The number of nitrogens with zero attached hydrogens (tertiary/aromatic N) is 1. The molecule has 4 heteroatoms. The van der Waals surface area contributed by atoms with E-state index in [4.69, 9.17) is 0 Å². The molecule has 1 fully saturated rings. The van der Waals surface area contributed by atoms with E-state index in [2.05, 4.69) is 22.5 Å². The molecule has 4 nitrogen and oxygen atoms in total. The van der Waals surface area contributed by atoms with Gasteiger partial charge in [-0.05, 0) is 51.9 Å². The van der Waals surface area contributed by atoms with E-state index in [1.807, 2.05) is 0 Å². The summed E-state index contributed by atoms with van der Waals surface area (Å²) in [5.41, 5.74) is 0. The first-order valence-electron chi connectivity index (χ1n) is 7.02. The summed E-state index contributed by atoms with van der Waals surface area (Å²) in [6.45, 7) is 8.04. The molecule has 1 heterocycles. The molecule has 100 valence electrons. The van der Waals surface area contributed by atoms with E-state index < -0.39 is 0 Å². The van der Waals surface area contributed by atoms with Crippen molar-refractivity contribution in [1.82, 2.24) is 15.5 Å². The fourth-order valence-electron chi connectivity index (χ4n) is 2.10. The predicted octanol–water partition coefficient (Wildman–Crippen LogP) is 0.978. The van der Waals surface area contributed by atoms with Crippen LogP contribution in [0.4, 0.5) is 0 Å². The molecule has 0 aromatic rings. The van der Waals surface area contributed by atoms with Crippen molar-refractivity contribution in [2.75, 3.05) is 39.3 Å². The minimum Gasteiger partial charge on any atom is -0.355 e. The highest BCUT2D eigenvalue weighted by Gasteiger charge is 2.09. The van der Waals surface area contributed by atoms with Gasteiger partial charge in [0.25, 0.3) is 0 Å². The van der Waals surface area contributed by atoms with Crippen LogP contribution < -0.4 is 10.6 Å². The highest BCUT2D eigenvalue weighted by atomic mass is 16.1. The smallest absolute Gasteiger partial charge is 0.233 e. The molecule has 1 aliphatic rings. The van der Waals surface area contributed by atoms with Crippen LogP contribution in [0.3, 0.4) is 0 Å². The summed E-state index contributed by atoms with van der Waals surface area (Å²) in [4.78, 5) is 13.9. The van der Waals surface area contributed by atoms with Gasteiger partial charge in [-0.1, -0.05) is 13.3 Å². The lowest BCUT2D eigenvalue weighted by molar-refractivity contribution is -0.120. The van der Waals surface area contributed by atoms with Gasteiger partial charge in [0.2, 0.25) is 5.91 Å². The van der Waals surface area contributed by atoms with Gasteiger partial charge in [0, 0.05) is 6.54 Å². The van der Waals surface area contributed by atoms with Crippen molar-refractivity contribution in [3.05, 3.63) is 0 Å². The SMILES string of the molecule is CCCCNC(=O)CNCCCN1CCCC1. The van der Waals surface area contributed by atoms with Crippen LogP contribution >= 0.6 is 0 Å². The Hall–Kier alpha value is -0.610. The summed E-state index contributed by atoms with van der Waals surface area (Å²) < 4.78 is 0. The van der Waals surface area contributed by atoms with Crippen molar-refractivity contribution in [2.24, 2.45) is 0 Å². The van der Waals surface area contributed by atoms with Gasteiger partial charge in [-0.25, -0.2) is 0 Å². The van der Waals surface area contributed by atoms with E-state index in [1.54, 1.807) is 0 Å². The van der Waals surface area contributed by atoms with Crippen molar-refractivity contribution in [3.8, 4) is 0 Å². The van der Waals surface area contributed by atoms with E-state index in [0.29, 0.717) is 6.54 Å². The Bertz CT molecular complexity index is 203. The predicted molar refractivity (Wildman–Crippen MR) is 71.1 cm³/mol. The maximum absolute atomic E-state index is 11.4. The molecule has 0 aromatic carbocycles. The van der Waals surface area contributed by atoms with Gasteiger partial charge in [-0.3, -0.25) is 4.79 Å². The van der Waals surface area contributed by atoms with E-state index in [1.165, 1.54) is 32.5 Å². The fourth-order valence-corrected chi connectivity index (χ4v) is 2.10. The number of unbranched alkanes of at least 4 members (excludes halogenated alkanes) is 1. The lowest BCUT2D eigenvalue weighted by Gasteiger charge is -2.14. The van der Waals surface area contributed by atoms with Crippen LogP contribution in [0.15, 0.2) is 0 Å². The molecule has 0 aliphatic carbocycles. The quantitative estimate of drug-likeness (QED) is 0.591. The van der Waals surface area contributed by atoms with Gasteiger partial charge in [-0.15, -0.1) is 0 Å². The van der Waals surface area contributed by atoms with Crippen LogP contribution in [0.2, 0.25) is 0 Å². The van der Waals surface area contributed by atoms with Crippen LogP contribution in [0.25, 0.3) is 0 Å². The number of rotatable bonds is 9. The number of carbonyl (C=O) groups is 1. The monoisotopic (exact) mass is 241 g/mol. The molecule has 17 heavy (non-hydrogen) atoms. The third-order valence-corrected chi connectivity index (χ3v) is 3.16. The second kappa shape index (κ2) is 9.42. The Labute approximate surface area is 105 Å². The van der Waals surface area contributed by atoms with E-state index in [-0.39, 0.29) is 5.91 Å². The maximum atomic E-state index is 11.4. The molecule has 0 radical (unpaired) electrons. The zero-order valence-electron chi connectivity index (χ0n) is 11.1. The molecule has 0 saturated carbocycles. The molecular weight excluding hydrogens is 214 g/mol. The lowest BCUT2D eigenvalue weighted by Crippen LogP contribution is -2.35. The molecule has 2 N–H and O–H groups in total. The van der Waals surface area contributed by atoms with Gasteiger partial charge in [0.05, 0.1) is 6.54 Å². The highest BCUT2D eigenvalue weighted by Crippen LogP contribution is 2.06. The van der Waals surface area contributed by atoms with Crippen molar-refractivity contribution >= 4 is 5.91 Å². The summed E-state index contributed by atoms with van der Waals surface area (Å²) >= 11 is 0. The molecule has 1 aliphatic heterocycles. The van der Waals surface area contributed by atoms with Gasteiger partial charge >= 0.3 is 0 Å². The first-order chi connectivity index (χ1) is 8.33. The Kier molecular flexibility index (Phi) is 8.01. The Morgan fingerprint density at radius 2 is 1.94 bits per heavy atom. The number of hydrogen-bond acceptors (Lipinski definition) is 3. The van der Waals surface area contributed by atoms with E-state index >= 15 is 0 Å². The molecule has 0 spiro atoms. The summed E-state index contributed by atoms with van der Waals surface area (Å²) in [7, 11) is 0. The molecule has 1 amide bonds. The van der Waals surface area contributed by atoms with Crippen LogP contribution in [0.1, 0.15) is 39.0 Å². The lowest BCUT2D eigenvalue weighted by atomic mass is 10.3. The van der Waals surface area contributed by atoms with Gasteiger partial charge in [-0.2, -0.15) is 0 Å². The average Bonchev–Trinajstić information content (AvgIpc) is 2.82. The Balaban J connectivity index is 1.84. The summed E-state index contributed by atoms with van der Waals surface area (Å²) in [6, 6.07) is 0. The number of nitrogens with one attached hydrogen (secondary N) is 2. The number of hydrogen-bond donors (Lipinski definition) is 2. The second-order valence-electron chi connectivity index (χ2n) is 4.78. The number of amides is 1. The molecule has 0 atom stereocenters. The van der Waals surface area contributed by atoms with Crippen molar-refractivity contribution in [1.29, 1.82) is 0 Å². The Morgan fingerprint density at radius 1 is 1.18 bits per heavy atom. The standard InChI is InChI=1S/C13H27N3O/c1-2-3-8-15-13(17)12-14-7-6-11-16-9-4-5-10-16/h14H,2-12H2,1H3,(H,15,17). The minimum atomic E-state index is 0.125. The Morgan fingerprint density at radius 3 is 2.65 bits per heavy atom. The van der Waals surface area contributed by atoms with Crippen LogP contribution in [-0.4, -0.2) is 50.1 Å². The number of likely N-dealkylation sites (tertiary alicyclic amines) is 1. The van der Waals surface area contributed by atoms with Crippen LogP contribution in [0, 0.1) is 0 Å². The van der Waals surface area contributed by atoms with E-state index in [0.717, 1.165) is 32.4 Å². The van der Waals surface area contributed by atoms with Crippen molar-refractivity contribution < 1.29 is 4.79 Å². The molecule has 1 rings (SSSR count). The minimum absolute atomic E-state index is 0.125. The third-order valence-electron chi connectivity index (χ3n) is 3.16. The van der Waals surface area contributed by atoms with Crippen LogP contribution in [0.5, 0.6) is 0 Å². The first kappa shape index (κ1) is 14.5. The fraction of sp³-hybridized carbons (Fsp3) is 0.923. The zero-order chi connectivity index (χ0) is 12.3. The highest BCUT2D eigenvalue weighted by molar-refractivity contribution is 5.77. The number of carbonyl (C=O) groups excluding carboxylic acids is 1. The summed E-state index contributed by atoms with van der Waals surface area (Å²) in [6.07, 6.45) is 6.05. The molecule has 1 saturated heterocycles. The topological polar surface area (TPSA) is 44.4 Å². The normalized spacial score (nSPS) is 16.3. The van der Waals surface area contributed by atoms with Crippen LogP contribution in [-0.2, 0) is 4.79 Å². The maximum Gasteiger partial charge on any atom is 0.233 e. The molecule has 0 unspecified atom stereocenters. The van der Waals surface area contributed by atoms with Gasteiger partial charge in [0.1, 0.15) is 0 Å².